The van der Waals surface area contributed by atoms with Crippen molar-refractivity contribution in [1.29, 1.82) is 0 Å². The average Bonchev–Trinajstić information content (AvgIpc) is 2.36. The molecule has 0 spiro atoms. The summed E-state index contributed by atoms with van der Waals surface area (Å²) in [6.07, 6.45) is 5.22. The Bertz CT molecular complexity index is 230. The predicted octanol–water partition coefficient (Wildman–Crippen LogP) is 0.975. The Hall–Kier alpha value is -1.12. The second-order valence-electron chi connectivity index (χ2n) is 2.44. The monoisotopic (exact) mass is 136 g/mol. The Balaban J connectivity index is 2.31. The number of nitrogens with zero attached hydrogens (tertiary/aromatic N) is 2. The summed E-state index contributed by atoms with van der Waals surface area (Å²) in [6, 6.07) is 0.284. The van der Waals surface area contributed by atoms with Gasteiger partial charge in [-0.25, -0.2) is 4.99 Å². The zero-order valence-corrected chi connectivity index (χ0v) is 5.69. The Morgan fingerprint density at radius 2 is 2.50 bits per heavy atom. The van der Waals surface area contributed by atoms with Gasteiger partial charge in [-0.2, -0.15) is 0 Å². The van der Waals surface area contributed by atoms with Gasteiger partial charge in [-0.3, -0.25) is 4.99 Å². The van der Waals surface area contributed by atoms with E-state index < -0.39 is 0 Å². The molecule has 10 heavy (non-hydrogen) atoms. The molecule has 52 valence electrons. The third kappa shape index (κ3) is 0.667. The fourth-order valence-corrected chi connectivity index (χ4v) is 1.13. The van der Waals surface area contributed by atoms with Crippen LogP contribution in [0.1, 0.15) is 6.92 Å². The van der Waals surface area contributed by atoms with Gasteiger partial charge >= 0.3 is 0 Å². The molecule has 0 saturated heterocycles. The molecule has 2 heterocycles. The summed E-state index contributed by atoms with van der Waals surface area (Å²) >= 11 is 0. The maximum absolute atomic E-state index is 5.11. The Labute approximate surface area is 59.1 Å². The second-order valence-corrected chi connectivity index (χ2v) is 2.44. The van der Waals surface area contributed by atoms with Crippen molar-refractivity contribution in [1.82, 2.24) is 0 Å². The molecule has 0 aromatic heterocycles. The molecule has 2 rings (SSSR count). The highest BCUT2D eigenvalue weighted by Crippen LogP contribution is 2.20. The fraction of sp³-hybridized carbons (Fsp3) is 0.429. The summed E-state index contributed by atoms with van der Waals surface area (Å²) in [5.74, 6) is 1.06. The lowest BCUT2D eigenvalue weighted by atomic mass is 10.0. The van der Waals surface area contributed by atoms with Crippen LogP contribution in [0.5, 0.6) is 0 Å². The molecule has 0 aliphatic carbocycles. The summed E-state index contributed by atoms with van der Waals surface area (Å²) in [5, 5.41) is 0. The van der Waals surface area contributed by atoms with E-state index in [0.29, 0.717) is 0 Å². The SMILES string of the molecule is CC1N=CN=C2OC=CC21. The minimum Gasteiger partial charge on any atom is -0.450 e. The normalized spacial score (nSPS) is 35.1. The van der Waals surface area contributed by atoms with Gasteiger partial charge in [-0.05, 0) is 13.0 Å². The third-order valence-corrected chi connectivity index (χ3v) is 1.77. The number of aliphatic imine (C=N–C) groups is 2. The summed E-state index contributed by atoms with van der Waals surface area (Å²) in [4.78, 5) is 8.11. The van der Waals surface area contributed by atoms with E-state index in [0.717, 1.165) is 5.90 Å². The first-order valence-electron chi connectivity index (χ1n) is 3.30. The molecule has 2 unspecified atom stereocenters. The summed E-state index contributed by atoms with van der Waals surface area (Å²) < 4.78 is 5.11. The van der Waals surface area contributed by atoms with E-state index >= 15 is 0 Å². The minimum absolute atomic E-state index is 0.282. The molecule has 0 radical (unpaired) electrons. The highest BCUT2D eigenvalue weighted by Gasteiger charge is 2.26. The summed E-state index contributed by atoms with van der Waals surface area (Å²) in [6.45, 7) is 2.05. The molecule has 3 nitrogen and oxygen atoms in total. The molecular weight excluding hydrogens is 128 g/mol. The van der Waals surface area contributed by atoms with Crippen molar-refractivity contribution in [2.45, 2.75) is 13.0 Å². The van der Waals surface area contributed by atoms with Crippen LogP contribution >= 0.6 is 0 Å². The molecule has 0 N–H and O–H groups in total. The van der Waals surface area contributed by atoms with Gasteiger partial charge in [0.15, 0.2) is 0 Å². The molecule has 0 bridgehead atoms. The average molecular weight is 136 g/mol. The third-order valence-electron chi connectivity index (χ3n) is 1.77. The Morgan fingerprint density at radius 3 is 3.30 bits per heavy atom. The molecule has 0 aromatic rings. The lowest BCUT2D eigenvalue weighted by Crippen LogP contribution is -2.23. The quantitative estimate of drug-likeness (QED) is 0.488. The largest absolute Gasteiger partial charge is 0.450 e. The van der Waals surface area contributed by atoms with Crippen LogP contribution in [0.15, 0.2) is 22.3 Å². The van der Waals surface area contributed by atoms with Gasteiger partial charge in [-0.1, -0.05) is 0 Å². The van der Waals surface area contributed by atoms with Gasteiger partial charge in [-0.15, -0.1) is 0 Å². The fourth-order valence-electron chi connectivity index (χ4n) is 1.13. The smallest absolute Gasteiger partial charge is 0.204 e. The molecule has 3 heteroatoms. The Kier molecular flexibility index (Phi) is 1.09. The van der Waals surface area contributed by atoms with Crippen LogP contribution in [0, 0.1) is 5.92 Å². The van der Waals surface area contributed by atoms with Crippen LogP contribution in [-0.4, -0.2) is 18.3 Å². The highest BCUT2D eigenvalue weighted by molar-refractivity contribution is 5.91. The number of hydrogen-bond donors (Lipinski definition) is 0. The second kappa shape index (κ2) is 1.94. The van der Waals surface area contributed by atoms with Crippen molar-refractivity contribution in [2.24, 2.45) is 15.9 Å². The first-order chi connectivity index (χ1) is 4.88. The van der Waals surface area contributed by atoms with Gasteiger partial charge in [0, 0.05) is 0 Å². The number of ether oxygens (including phenoxy) is 1. The van der Waals surface area contributed by atoms with Gasteiger partial charge in [0.05, 0.1) is 18.2 Å². The zero-order valence-electron chi connectivity index (χ0n) is 5.69. The maximum atomic E-state index is 5.11. The standard InChI is InChI=1S/C7H8N2O/c1-5-6-2-3-10-7(6)9-4-8-5/h2-6H,1H3. The van der Waals surface area contributed by atoms with E-state index in [1.165, 1.54) is 0 Å². The van der Waals surface area contributed by atoms with E-state index in [1.807, 2.05) is 6.08 Å². The first kappa shape index (κ1) is 5.65. The van der Waals surface area contributed by atoms with Crippen LogP contribution < -0.4 is 0 Å². The summed E-state index contributed by atoms with van der Waals surface area (Å²) in [7, 11) is 0. The van der Waals surface area contributed by atoms with Crippen molar-refractivity contribution in [2.75, 3.05) is 0 Å². The lowest BCUT2D eigenvalue weighted by Gasteiger charge is -2.15. The van der Waals surface area contributed by atoms with Crippen LogP contribution in [0.4, 0.5) is 0 Å². The number of rotatable bonds is 0. The van der Waals surface area contributed by atoms with Crippen LogP contribution in [-0.2, 0) is 4.74 Å². The van der Waals surface area contributed by atoms with Crippen molar-refractivity contribution in [3.63, 3.8) is 0 Å². The molecule has 2 aliphatic rings. The van der Waals surface area contributed by atoms with Crippen LogP contribution in [0.2, 0.25) is 0 Å². The van der Waals surface area contributed by atoms with E-state index in [-0.39, 0.29) is 12.0 Å². The van der Waals surface area contributed by atoms with Gasteiger partial charge in [0.2, 0.25) is 5.90 Å². The van der Waals surface area contributed by atoms with Crippen LogP contribution in [0.25, 0.3) is 0 Å². The van der Waals surface area contributed by atoms with Crippen molar-refractivity contribution in [3.8, 4) is 0 Å². The minimum atomic E-state index is 0.282. The number of fused-ring (bicyclic) bond motifs is 1. The van der Waals surface area contributed by atoms with E-state index in [9.17, 15) is 0 Å². The van der Waals surface area contributed by atoms with E-state index in [1.54, 1.807) is 12.6 Å². The van der Waals surface area contributed by atoms with Crippen molar-refractivity contribution >= 4 is 12.2 Å². The zero-order chi connectivity index (χ0) is 6.97. The number of hydrogen-bond acceptors (Lipinski definition) is 3. The molecule has 0 fully saturated rings. The molecule has 0 amide bonds. The highest BCUT2D eigenvalue weighted by atomic mass is 16.5. The summed E-state index contributed by atoms with van der Waals surface area (Å²) in [5.41, 5.74) is 0. The first-order valence-corrected chi connectivity index (χ1v) is 3.30. The Morgan fingerprint density at radius 1 is 1.60 bits per heavy atom. The predicted molar refractivity (Wildman–Crippen MR) is 39.1 cm³/mol. The van der Waals surface area contributed by atoms with Crippen LogP contribution in [0.3, 0.4) is 0 Å². The molecular formula is C7H8N2O. The van der Waals surface area contributed by atoms with Crippen molar-refractivity contribution in [3.05, 3.63) is 12.3 Å². The maximum Gasteiger partial charge on any atom is 0.204 e. The lowest BCUT2D eigenvalue weighted by molar-refractivity contribution is 0.460. The molecule has 2 atom stereocenters. The molecule has 2 aliphatic heterocycles. The molecule has 0 saturated carbocycles. The van der Waals surface area contributed by atoms with Crippen molar-refractivity contribution < 1.29 is 4.74 Å². The van der Waals surface area contributed by atoms with Gasteiger partial charge in [0.25, 0.3) is 0 Å². The molecule has 0 aromatic carbocycles. The van der Waals surface area contributed by atoms with E-state index in [2.05, 4.69) is 16.9 Å². The van der Waals surface area contributed by atoms with Gasteiger partial charge in [0.1, 0.15) is 6.34 Å². The topological polar surface area (TPSA) is 34.0 Å². The van der Waals surface area contributed by atoms with Gasteiger partial charge < -0.3 is 4.74 Å². The van der Waals surface area contributed by atoms with E-state index in [4.69, 9.17) is 4.74 Å².